The van der Waals surface area contributed by atoms with Crippen molar-refractivity contribution in [2.45, 2.75) is 50.8 Å². The van der Waals surface area contributed by atoms with E-state index in [0.29, 0.717) is 18.6 Å². The summed E-state index contributed by atoms with van der Waals surface area (Å²) in [5.41, 5.74) is 2.92. The lowest BCUT2D eigenvalue weighted by Crippen LogP contribution is -2.61. The molecule has 4 rings (SSSR count). The first kappa shape index (κ1) is 21.3. The Hall–Kier alpha value is -1.96. The van der Waals surface area contributed by atoms with Crippen LogP contribution in [0.5, 0.6) is 5.75 Å². The normalized spacial score (nSPS) is 32.9. The van der Waals surface area contributed by atoms with Gasteiger partial charge in [-0.2, -0.15) is 0 Å². The van der Waals surface area contributed by atoms with E-state index in [4.69, 9.17) is 14.2 Å². The molecule has 0 spiro atoms. The van der Waals surface area contributed by atoms with Crippen molar-refractivity contribution in [3.05, 3.63) is 64.7 Å². The number of aryl methyl sites for hydroxylation is 1. The molecule has 30 heavy (non-hydrogen) atoms. The number of ether oxygens (including phenoxy) is 3. The second kappa shape index (κ2) is 7.94. The van der Waals surface area contributed by atoms with Gasteiger partial charge in [-0.3, -0.25) is 0 Å². The highest BCUT2D eigenvalue weighted by Gasteiger charge is 2.65. The van der Waals surface area contributed by atoms with E-state index < -0.39 is 29.5 Å². The van der Waals surface area contributed by atoms with Crippen LogP contribution in [0.1, 0.15) is 36.1 Å². The van der Waals surface area contributed by atoms with Crippen molar-refractivity contribution >= 4 is 0 Å². The van der Waals surface area contributed by atoms with E-state index in [1.165, 1.54) is 0 Å². The predicted molar refractivity (Wildman–Crippen MR) is 111 cm³/mol. The summed E-state index contributed by atoms with van der Waals surface area (Å²) in [5, 5.41) is 31.5. The minimum Gasteiger partial charge on any atom is -0.494 e. The van der Waals surface area contributed by atoms with E-state index in [9.17, 15) is 15.3 Å². The quantitative estimate of drug-likeness (QED) is 0.672. The molecule has 5 atom stereocenters. The van der Waals surface area contributed by atoms with Gasteiger partial charge >= 0.3 is 0 Å². The molecule has 2 aliphatic heterocycles. The Morgan fingerprint density at radius 1 is 1.13 bits per heavy atom. The van der Waals surface area contributed by atoms with E-state index >= 15 is 0 Å². The standard InChI is InChI=1S/C24H30O6/c1-4-28-20-9-6-17(7-10-20)11-18-12-19(8-5-15(18)2)24-22(27)21(26)16(3)23(13-25,30-24)14-29-24/h5-10,12,16,21-22,25-27H,4,11,13-14H2,1-3H3/t16-,21-,22-,23-,24-/m0/s1. The van der Waals surface area contributed by atoms with Crippen molar-refractivity contribution in [2.24, 2.45) is 5.92 Å². The average Bonchev–Trinajstić information content (AvgIpc) is 3.14. The van der Waals surface area contributed by atoms with Gasteiger partial charge in [-0.1, -0.05) is 31.2 Å². The molecule has 2 aromatic carbocycles. The van der Waals surface area contributed by atoms with E-state index in [1.807, 2.05) is 56.3 Å². The number of hydrogen-bond donors (Lipinski definition) is 3. The minimum absolute atomic E-state index is 0.112. The smallest absolute Gasteiger partial charge is 0.225 e. The van der Waals surface area contributed by atoms with E-state index in [0.717, 1.165) is 22.4 Å². The van der Waals surface area contributed by atoms with Crippen LogP contribution in [0, 0.1) is 12.8 Å². The van der Waals surface area contributed by atoms with Crippen LogP contribution in [-0.2, 0) is 21.7 Å². The SMILES string of the molecule is CCOc1ccc(Cc2cc([C@]34OC[C@](CO)(O3)[C@@H](C)[C@H](O)[C@@H]4O)ccc2C)cc1. The van der Waals surface area contributed by atoms with Gasteiger partial charge in [0.1, 0.15) is 17.5 Å². The lowest BCUT2D eigenvalue weighted by molar-refractivity contribution is -0.318. The Labute approximate surface area is 177 Å². The number of benzene rings is 2. The highest BCUT2D eigenvalue weighted by atomic mass is 16.8. The number of fused-ring (bicyclic) bond motifs is 2. The molecule has 3 N–H and O–H groups in total. The molecule has 162 valence electrons. The molecule has 6 nitrogen and oxygen atoms in total. The molecule has 0 radical (unpaired) electrons. The summed E-state index contributed by atoms with van der Waals surface area (Å²) >= 11 is 0. The van der Waals surface area contributed by atoms with Crippen molar-refractivity contribution in [3.8, 4) is 5.75 Å². The maximum absolute atomic E-state index is 10.9. The molecule has 2 heterocycles. The zero-order valence-electron chi connectivity index (χ0n) is 17.7. The Morgan fingerprint density at radius 3 is 2.53 bits per heavy atom. The first-order valence-electron chi connectivity index (χ1n) is 10.5. The van der Waals surface area contributed by atoms with Crippen LogP contribution in [0.4, 0.5) is 0 Å². The largest absolute Gasteiger partial charge is 0.494 e. The molecule has 2 bridgehead atoms. The van der Waals surface area contributed by atoms with Gasteiger partial charge in [-0.05, 0) is 55.2 Å². The summed E-state index contributed by atoms with van der Waals surface area (Å²) in [6.45, 7) is 6.21. The van der Waals surface area contributed by atoms with Gasteiger partial charge in [-0.15, -0.1) is 0 Å². The summed E-state index contributed by atoms with van der Waals surface area (Å²) < 4.78 is 17.7. The van der Waals surface area contributed by atoms with E-state index in [1.54, 1.807) is 6.92 Å². The van der Waals surface area contributed by atoms with Crippen molar-refractivity contribution in [2.75, 3.05) is 19.8 Å². The Balaban J connectivity index is 1.66. The second-order valence-corrected chi connectivity index (χ2v) is 8.40. The van der Waals surface area contributed by atoms with Gasteiger partial charge in [0.15, 0.2) is 0 Å². The molecule has 0 aromatic heterocycles. The molecule has 0 amide bonds. The summed E-state index contributed by atoms with van der Waals surface area (Å²) in [4.78, 5) is 0. The summed E-state index contributed by atoms with van der Waals surface area (Å²) in [7, 11) is 0. The van der Waals surface area contributed by atoms with Crippen molar-refractivity contribution in [1.82, 2.24) is 0 Å². The zero-order chi connectivity index (χ0) is 21.5. The summed E-state index contributed by atoms with van der Waals surface area (Å²) in [6.07, 6.45) is -1.62. The molecule has 0 unspecified atom stereocenters. The number of aliphatic hydroxyl groups is 3. The average molecular weight is 414 g/mol. The minimum atomic E-state index is -1.49. The third-order valence-corrected chi connectivity index (χ3v) is 6.59. The predicted octanol–water partition coefficient (Wildman–Crippen LogP) is 2.29. The van der Waals surface area contributed by atoms with Crippen LogP contribution in [0.25, 0.3) is 0 Å². The van der Waals surface area contributed by atoms with E-state index in [2.05, 4.69) is 0 Å². The lowest BCUT2D eigenvalue weighted by Gasteiger charge is -2.47. The fourth-order valence-corrected chi connectivity index (χ4v) is 4.47. The third kappa shape index (κ3) is 3.33. The fraction of sp³-hybridized carbons (Fsp3) is 0.500. The monoisotopic (exact) mass is 414 g/mol. The molecule has 2 aliphatic rings. The van der Waals surface area contributed by atoms with Gasteiger partial charge in [0.25, 0.3) is 0 Å². The molecule has 0 aliphatic carbocycles. The Morgan fingerprint density at radius 2 is 1.87 bits per heavy atom. The zero-order valence-corrected chi connectivity index (χ0v) is 17.7. The van der Waals surface area contributed by atoms with Gasteiger partial charge in [0.05, 0.1) is 25.9 Å². The summed E-state index contributed by atoms with van der Waals surface area (Å²) in [5.74, 6) is -1.11. The highest BCUT2D eigenvalue weighted by Crippen LogP contribution is 2.51. The maximum atomic E-state index is 10.9. The molecule has 2 saturated heterocycles. The van der Waals surface area contributed by atoms with Crippen LogP contribution in [-0.4, -0.2) is 52.9 Å². The molecule has 2 fully saturated rings. The number of aliphatic hydroxyl groups excluding tert-OH is 3. The molecule has 0 saturated carbocycles. The van der Waals surface area contributed by atoms with Crippen molar-refractivity contribution < 1.29 is 29.5 Å². The van der Waals surface area contributed by atoms with Gasteiger partial charge < -0.3 is 29.5 Å². The van der Waals surface area contributed by atoms with Gasteiger partial charge in [-0.25, -0.2) is 0 Å². The summed E-state index contributed by atoms with van der Waals surface area (Å²) in [6, 6.07) is 13.8. The van der Waals surface area contributed by atoms with Crippen molar-refractivity contribution in [1.29, 1.82) is 0 Å². The van der Waals surface area contributed by atoms with Crippen LogP contribution in [0.3, 0.4) is 0 Å². The molecule has 2 aromatic rings. The fourth-order valence-electron chi connectivity index (χ4n) is 4.47. The highest BCUT2D eigenvalue weighted by molar-refractivity contribution is 5.39. The van der Waals surface area contributed by atoms with Crippen LogP contribution >= 0.6 is 0 Å². The maximum Gasteiger partial charge on any atom is 0.225 e. The third-order valence-electron chi connectivity index (χ3n) is 6.59. The van der Waals surface area contributed by atoms with E-state index in [-0.39, 0.29) is 13.2 Å². The van der Waals surface area contributed by atoms with Crippen molar-refractivity contribution in [3.63, 3.8) is 0 Å². The number of rotatable bonds is 6. The Bertz CT molecular complexity index is 897. The Kier molecular flexibility index (Phi) is 5.64. The first-order chi connectivity index (χ1) is 14.3. The van der Waals surface area contributed by atoms with Crippen LogP contribution in [0.2, 0.25) is 0 Å². The second-order valence-electron chi connectivity index (χ2n) is 8.40. The molecular formula is C24H30O6. The molecule has 6 heteroatoms. The van der Waals surface area contributed by atoms with Gasteiger partial charge in [0, 0.05) is 11.5 Å². The number of hydrogen-bond acceptors (Lipinski definition) is 6. The topological polar surface area (TPSA) is 88.4 Å². The van der Waals surface area contributed by atoms with Crippen LogP contribution in [0.15, 0.2) is 42.5 Å². The van der Waals surface area contributed by atoms with Gasteiger partial charge in [0.2, 0.25) is 5.79 Å². The molecular weight excluding hydrogens is 384 g/mol. The first-order valence-corrected chi connectivity index (χ1v) is 10.5. The lowest BCUT2D eigenvalue weighted by atomic mass is 9.78. The van der Waals surface area contributed by atoms with Crippen LogP contribution < -0.4 is 4.74 Å².